The first-order valence-corrected chi connectivity index (χ1v) is 11.2. The van der Waals surface area contributed by atoms with Crippen LogP contribution in [0.1, 0.15) is 31.5 Å². The zero-order valence-corrected chi connectivity index (χ0v) is 16.9. The van der Waals surface area contributed by atoms with E-state index >= 15 is 0 Å². The van der Waals surface area contributed by atoms with E-state index in [0.717, 1.165) is 25.9 Å². The maximum Gasteiger partial charge on any atom is 0.243 e. The molecule has 28 heavy (non-hydrogen) atoms. The molecule has 8 heteroatoms. The van der Waals surface area contributed by atoms with Crippen LogP contribution >= 0.6 is 0 Å². The van der Waals surface area contributed by atoms with Crippen LogP contribution in [0.3, 0.4) is 0 Å². The van der Waals surface area contributed by atoms with Crippen molar-refractivity contribution in [3.05, 3.63) is 48.3 Å². The number of benzene rings is 1. The molecule has 1 aromatic heterocycles. The van der Waals surface area contributed by atoms with Crippen LogP contribution in [-0.4, -0.2) is 54.3 Å². The highest BCUT2D eigenvalue weighted by atomic mass is 32.2. The predicted molar refractivity (Wildman–Crippen MR) is 107 cm³/mol. The van der Waals surface area contributed by atoms with Gasteiger partial charge in [-0.1, -0.05) is 6.07 Å². The molecule has 4 rings (SSSR count). The average Bonchev–Trinajstić information content (AvgIpc) is 3.36. The summed E-state index contributed by atoms with van der Waals surface area (Å²) in [6.07, 6.45) is 3.86. The number of carbonyl (C=O) groups is 1. The third-order valence-corrected chi connectivity index (χ3v) is 7.53. The molecule has 1 atom stereocenters. The monoisotopic (exact) mass is 402 g/mol. The van der Waals surface area contributed by atoms with Gasteiger partial charge >= 0.3 is 0 Å². The number of rotatable bonds is 5. The van der Waals surface area contributed by atoms with E-state index in [2.05, 4.69) is 34.0 Å². The molecule has 7 nitrogen and oxygen atoms in total. The second-order valence-electron chi connectivity index (χ2n) is 7.46. The fourth-order valence-electron chi connectivity index (χ4n) is 4.04. The maximum atomic E-state index is 12.7. The molecule has 2 aliphatic heterocycles. The van der Waals surface area contributed by atoms with Crippen LogP contribution in [0.2, 0.25) is 0 Å². The minimum atomic E-state index is -3.49. The molecule has 2 aromatic rings. The summed E-state index contributed by atoms with van der Waals surface area (Å²) in [4.78, 5) is 14.9. The smallest absolute Gasteiger partial charge is 0.243 e. The molecule has 1 N–H and O–H groups in total. The minimum Gasteiger partial charge on any atom is -0.349 e. The van der Waals surface area contributed by atoms with E-state index in [4.69, 9.17) is 0 Å². The van der Waals surface area contributed by atoms with E-state index in [1.165, 1.54) is 10.00 Å². The molecule has 1 fully saturated rings. The summed E-state index contributed by atoms with van der Waals surface area (Å²) in [7, 11) is -3.49. The van der Waals surface area contributed by atoms with Crippen molar-refractivity contribution in [1.82, 2.24) is 13.8 Å². The van der Waals surface area contributed by atoms with Gasteiger partial charge in [0.1, 0.15) is 0 Å². The Hall–Kier alpha value is -2.16. The lowest BCUT2D eigenvalue weighted by Crippen LogP contribution is -2.41. The number of amides is 1. The number of nitrogens with zero attached hydrogens (tertiary/aromatic N) is 3. The largest absolute Gasteiger partial charge is 0.349 e. The van der Waals surface area contributed by atoms with Gasteiger partial charge < -0.3 is 9.88 Å². The Kier molecular flexibility index (Phi) is 5.27. The average molecular weight is 403 g/mol. The Bertz CT molecular complexity index is 963. The molecule has 0 radical (unpaired) electrons. The highest BCUT2D eigenvalue weighted by Crippen LogP contribution is 2.26. The van der Waals surface area contributed by atoms with Crippen LogP contribution in [0.4, 0.5) is 5.69 Å². The first-order valence-electron chi connectivity index (χ1n) is 9.74. The molecule has 0 saturated carbocycles. The highest BCUT2D eigenvalue weighted by molar-refractivity contribution is 7.89. The molecule has 3 heterocycles. The van der Waals surface area contributed by atoms with E-state index in [1.807, 2.05) is 6.07 Å². The van der Waals surface area contributed by atoms with E-state index < -0.39 is 10.0 Å². The van der Waals surface area contributed by atoms with Crippen molar-refractivity contribution in [2.24, 2.45) is 0 Å². The third-order valence-electron chi connectivity index (χ3n) is 5.64. The van der Waals surface area contributed by atoms with Gasteiger partial charge in [-0.25, -0.2) is 8.42 Å². The second-order valence-corrected chi connectivity index (χ2v) is 9.40. The van der Waals surface area contributed by atoms with Crippen LogP contribution < -0.4 is 5.32 Å². The van der Waals surface area contributed by atoms with Crippen molar-refractivity contribution < 1.29 is 13.2 Å². The second kappa shape index (κ2) is 7.69. The Balaban J connectivity index is 1.43. The quantitative estimate of drug-likeness (QED) is 0.833. The molecule has 0 spiro atoms. The van der Waals surface area contributed by atoms with Gasteiger partial charge in [0.05, 0.1) is 11.4 Å². The van der Waals surface area contributed by atoms with Gasteiger partial charge in [0, 0.05) is 49.8 Å². The molecule has 0 aliphatic carbocycles. The number of hydrogen-bond donors (Lipinski definition) is 1. The summed E-state index contributed by atoms with van der Waals surface area (Å²) in [6.45, 7) is 5.17. The number of carbonyl (C=O) groups excluding carboxylic acids is 1. The molecule has 150 valence electrons. The maximum absolute atomic E-state index is 12.7. The van der Waals surface area contributed by atoms with Gasteiger partial charge in [0.15, 0.2) is 0 Å². The molecule has 1 amide bonds. The van der Waals surface area contributed by atoms with Crippen molar-refractivity contribution >= 4 is 21.6 Å². The van der Waals surface area contributed by atoms with Crippen LogP contribution in [0.15, 0.2) is 47.5 Å². The number of fused-ring (bicyclic) bond motifs is 1. The third kappa shape index (κ3) is 3.72. The molecular formula is C20H26N4O3S. The topological polar surface area (TPSA) is 74.6 Å². The van der Waals surface area contributed by atoms with Gasteiger partial charge in [0.2, 0.25) is 15.9 Å². The fourth-order valence-corrected chi connectivity index (χ4v) is 5.60. The number of hydrogen-bond acceptors (Lipinski definition) is 4. The number of sulfonamides is 1. The Morgan fingerprint density at radius 2 is 1.89 bits per heavy atom. The first-order chi connectivity index (χ1) is 13.4. The lowest BCUT2D eigenvalue weighted by atomic mass is 10.1. The number of nitrogens with one attached hydrogen (secondary N) is 1. The van der Waals surface area contributed by atoms with Crippen molar-refractivity contribution in [2.45, 2.75) is 37.2 Å². The molecule has 1 aromatic carbocycles. The van der Waals surface area contributed by atoms with Crippen LogP contribution in [-0.2, 0) is 21.4 Å². The van der Waals surface area contributed by atoms with Crippen LogP contribution in [0.25, 0.3) is 0 Å². The van der Waals surface area contributed by atoms with Gasteiger partial charge in [0.25, 0.3) is 0 Å². The Labute approximate surface area is 166 Å². The molecule has 1 unspecified atom stereocenters. The van der Waals surface area contributed by atoms with Gasteiger partial charge in [-0.3, -0.25) is 9.69 Å². The molecule has 2 aliphatic rings. The standard InChI is InChI=1S/C20H26N4O3S/c1-16-19-8-5-9-22(19)12-13-23(16)15-20(25)21-17-6-4-7-18(14-17)28(26,27)24-10-2-3-11-24/h4-9,14,16H,2-3,10-13,15H2,1H3,(H,21,25). The van der Waals surface area contributed by atoms with Crippen molar-refractivity contribution in [2.75, 3.05) is 31.5 Å². The summed E-state index contributed by atoms with van der Waals surface area (Å²) < 4.78 is 29.2. The summed E-state index contributed by atoms with van der Waals surface area (Å²) in [5.74, 6) is -0.137. The molecular weight excluding hydrogens is 376 g/mol. The summed E-state index contributed by atoms with van der Waals surface area (Å²) in [5.41, 5.74) is 1.72. The summed E-state index contributed by atoms with van der Waals surface area (Å²) >= 11 is 0. The van der Waals surface area contributed by atoms with E-state index in [9.17, 15) is 13.2 Å². The van der Waals surface area contributed by atoms with Crippen molar-refractivity contribution in [1.29, 1.82) is 0 Å². The number of aromatic nitrogens is 1. The Morgan fingerprint density at radius 3 is 2.68 bits per heavy atom. The van der Waals surface area contributed by atoms with Crippen molar-refractivity contribution in [3.63, 3.8) is 0 Å². The SMILES string of the molecule is CC1c2cccn2CCN1CC(=O)Nc1cccc(S(=O)(=O)N2CCCC2)c1. The zero-order valence-electron chi connectivity index (χ0n) is 16.0. The van der Waals surface area contributed by atoms with Crippen molar-refractivity contribution in [3.8, 4) is 0 Å². The minimum absolute atomic E-state index is 0.137. The normalized spacial score (nSPS) is 20.8. The lowest BCUT2D eigenvalue weighted by molar-refractivity contribution is -0.118. The molecule has 0 bridgehead atoms. The van der Waals surface area contributed by atoms with E-state index in [-0.39, 0.29) is 23.4 Å². The van der Waals surface area contributed by atoms with Gasteiger partial charge in [-0.05, 0) is 50.1 Å². The zero-order chi connectivity index (χ0) is 19.7. The number of anilines is 1. The summed E-state index contributed by atoms with van der Waals surface area (Å²) in [6, 6.07) is 10.8. The van der Waals surface area contributed by atoms with Gasteiger partial charge in [-0.15, -0.1) is 0 Å². The highest BCUT2D eigenvalue weighted by Gasteiger charge is 2.28. The fraction of sp³-hybridized carbons (Fsp3) is 0.450. The summed E-state index contributed by atoms with van der Waals surface area (Å²) in [5, 5.41) is 2.86. The first kappa shape index (κ1) is 19.2. The molecule has 1 saturated heterocycles. The Morgan fingerprint density at radius 1 is 1.11 bits per heavy atom. The predicted octanol–water partition coefficient (Wildman–Crippen LogP) is 2.29. The van der Waals surface area contributed by atoms with Gasteiger partial charge in [-0.2, -0.15) is 4.31 Å². The van der Waals surface area contributed by atoms with E-state index in [0.29, 0.717) is 18.8 Å². The van der Waals surface area contributed by atoms with Crippen LogP contribution in [0.5, 0.6) is 0 Å². The van der Waals surface area contributed by atoms with Crippen LogP contribution in [0, 0.1) is 0 Å². The lowest BCUT2D eigenvalue weighted by Gasteiger charge is -2.34. The van der Waals surface area contributed by atoms with E-state index in [1.54, 1.807) is 24.3 Å².